The van der Waals surface area contributed by atoms with Gasteiger partial charge in [0, 0.05) is 0 Å². The minimum atomic E-state index is -0.605. The summed E-state index contributed by atoms with van der Waals surface area (Å²) in [7, 11) is 1.58. The van der Waals surface area contributed by atoms with Crippen molar-refractivity contribution < 1.29 is 28.5 Å². The number of hydrogen-bond donors (Lipinski definition) is 1. The highest BCUT2D eigenvalue weighted by atomic mass is 35.5. The molecule has 0 saturated carbocycles. The van der Waals surface area contributed by atoms with Crippen molar-refractivity contribution in [3.8, 4) is 23.0 Å². The van der Waals surface area contributed by atoms with E-state index in [1.54, 1.807) is 43.5 Å². The van der Waals surface area contributed by atoms with Gasteiger partial charge in [0.1, 0.15) is 18.8 Å². The number of anilines is 1. The smallest absolute Gasteiger partial charge is 0.270 e. The number of halogens is 1. The second kappa shape index (κ2) is 14.1. The van der Waals surface area contributed by atoms with E-state index in [9.17, 15) is 9.59 Å². The molecule has 0 bridgehead atoms. The summed E-state index contributed by atoms with van der Waals surface area (Å²) >= 11 is 11.9. The average molecular weight is 629 g/mol. The number of hydrogen-bond acceptors (Lipinski definition) is 7. The van der Waals surface area contributed by atoms with Crippen LogP contribution >= 0.6 is 23.8 Å². The molecular weight excluding hydrogens is 600 g/mol. The third-order valence-electron chi connectivity index (χ3n) is 6.61. The van der Waals surface area contributed by atoms with Gasteiger partial charge in [0.25, 0.3) is 11.8 Å². The summed E-state index contributed by atoms with van der Waals surface area (Å²) in [6.45, 7) is 2.75. The summed E-state index contributed by atoms with van der Waals surface area (Å²) in [5.74, 6) is 0.709. The molecule has 224 valence electrons. The lowest BCUT2D eigenvalue weighted by Gasteiger charge is -2.28. The third kappa shape index (κ3) is 7.02. The van der Waals surface area contributed by atoms with Gasteiger partial charge in [-0.05, 0) is 78.3 Å². The van der Waals surface area contributed by atoms with Crippen LogP contribution in [0.25, 0.3) is 6.08 Å². The first kappa shape index (κ1) is 30.6. The van der Waals surface area contributed by atoms with Crippen molar-refractivity contribution in [2.24, 2.45) is 0 Å². The zero-order valence-electron chi connectivity index (χ0n) is 24.0. The second-order valence-corrected chi connectivity index (χ2v) is 10.4. The molecule has 0 spiro atoms. The summed E-state index contributed by atoms with van der Waals surface area (Å²) in [5, 5.41) is 2.84. The van der Waals surface area contributed by atoms with E-state index in [-0.39, 0.29) is 22.3 Å². The van der Waals surface area contributed by atoms with Crippen molar-refractivity contribution in [2.45, 2.75) is 20.1 Å². The van der Waals surface area contributed by atoms with Gasteiger partial charge in [-0.1, -0.05) is 66.2 Å². The molecule has 0 aliphatic carbocycles. The second-order valence-electron chi connectivity index (χ2n) is 9.60. The number of carbonyl (C=O) groups excluding carboxylic acids is 2. The van der Waals surface area contributed by atoms with E-state index in [0.717, 1.165) is 11.1 Å². The predicted molar refractivity (Wildman–Crippen MR) is 173 cm³/mol. The zero-order chi connectivity index (χ0) is 31.1. The first-order chi connectivity index (χ1) is 21.4. The van der Waals surface area contributed by atoms with Crippen LogP contribution in [0.5, 0.6) is 23.0 Å². The molecule has 5 rings (SSSR count). The quantitative estimate of drug-likeness (QED) is 0.112. The molecule has 0 aromatic heterocycles. The van der Waals surface area contributed by atoms with Crippen LogP contribution in [0, 0.1) is 0 Å². The highest BCUT2D eigenvalue weighted by Crippen LogP contribution is 2.39. The Balaban J connectivity index is 1.35. The van der Waals surface area contributed by atoms with E-state index in [1.165, 1.54) is 11.0 Å². The first-order valence-electron chi connectivity index (χ1n) is 13.8. The molecular formula is C34H29ClN2O6S. The van der Waals surface area contributed by atoms with Gasteiger partial charge >= 0.3 is 0 Å². The summed E-state index contributed by atoms with van der Waals surface area (Å²) in [5.41, 5.74) is 2.78. The van der Waals surface area contributed by atoms with Gasteiger partial charge in [-0.2, -0.15) is 0 Å². The molecule has 1 saturated heterocycles. The molecule has 1 fully saturated rings. The fourth-order valence-electron chi connectivity index (χ4n) is 4.52. The van der Waals surface area contributed by atoms with Crippen molar-refractivity contribution >= 4 is 52.5 Å². The Morgan fingerprint density at radius 2 is 1.52 bits per heavy atom. The molecule has 1 aliphatic rings. The number of ether oxygens (including phenoxy) is 4. The lowest BCUT2D eigenvalue weighted by molar-refractivity contribution is -0.122. The number of rotatable bonds is 11. The minimum absolute atomic E-state index is 0.00700. The molecule has 4 aromatic carbocycles. The van der Waals surface area contributed by atoms with Crippen LogP contribution in [-0.4, -0.2) is 30.6 Å². The molecule has 44 heavy (non-hydrogen) atoms. The molecule has 4 aromatic rings. The largest absolute Gasteiger partial charge is 0.493 e. The Morgan fingerprint density at radius 3 is 2.23 bits per heavy atom. The van der Waals surface area contributed by atoms with Crippen LogP contribution in [0.3, 0.4) is 0 Å². The van der Waals surface area contributed by atoms with E-state index < -0.39 is 11.8 Å². The minimum Gasteiger partial charge on any atom is -0.493 e. The lowest BCUT2D eigenvalue weighted by atomic mass is 10.1. The number of benzene rings is 4. The summed E-state index contributed by atoms with van der Waals surface area (Å²) in [6.07, 6.45) is 1.45. The van der Waals surface area contributed by atoms with E-state index in [0.29, 0.717) is 47.5 Å². The summed E-state index contributed by atoms with van der Waals surface area (Å²) in [4.78, 5) is 27.4. The number of thiocarbonyl (C=S) groups is 1. The van der Waals surface area contributed by atoms with Gasteiger partial charge < -0.3 is 18.9 Å². The van der Waals surface area contributed by atoms with Crippen LogP contribution < -0.4 is 29.2 Å². The van der Waals surface area contributed by atoms with Crippen molar-refractivity contribution in [1.29, 1.82) is 0 Å². The standard InChI is InChI=1S/C34H29ClN2O6S/c1-3-41-30-19-24(16-26-32(38)36-34(44)37(33(26)39)25-12-8-5-9-13-25)17-27(35)31(30)43-21-23-14-15-28(29(18-23)40-2)42-20-22-10-6-4-7-11-22/h4-19H,3,20-21H2,1-2H3,(H,36,38,44)/b26-16-. The van der Waals surface area contributed by atoms with Crippen molar-refractivity contribution in [3.63, 3.8) is 0 Å². The highest BCUT2D eigenvalue weighted by molar-refractivity contribution is 7.80. The van der Waals surface area contributed by atoms with Crippen LogP contribution in [0.15, 0.2) is 96.6 Å². The van der Waals surface area contributed by atoms with Crippen LogP contribution in [0.2, 0.25) is 5.02 Å². The van der Waals surface area contributed by atoms with E-state index in [1.807, 2.05) is 61.5 Å². The van der Waals surface area contributed by atoms with Crippen molar-refractivity contribution in [2.75, 3.05) is 18.6 Å². The van der Waals surface area contributed by atoms with Gasteiger partial charge in [0.15, 0.2) is 28.1 Å². The Morgan fingerprint density at radius 1 is 0.818 bits per heavy atom. The average Bonchev–Trinajstić information content (AvgIpc) is 3.03. The van der Waals surface area contributed by atoms with E-state index >= 15 is 0 Å². The van der Waals surface area contributed by atoms with E-state index in [2.05, 4.69) is 5.32 Å². The molecule has 1 aliphatic heterocycles. The molecule has 0 unspecified atom stereocenters. The maximum Gasteiger partial charge on any atom is 0.270 e. The zero-order valence-corrected chi connectivity index (χ0v) is 25.6. The third-order valence-corrected chi connectivity index (χ3v) is 7.17. The van der Waals surface area contributed by atoms with Crippen molar-refractivity contribution in [3.05, 3.63) is 118 Å². The molecule has 2 amide bonds. The Hall–Kier alpha value is -4.86. The molecule has 1 N–H and O–H groups in total. The normalized spacial score (nSPS) is 13.9. The highest BCUT2D eigenvalue weighted by Gasteiger charge is 2.34. The van der Waals surface area contributed by atoms with Gasteiger partial charge in [-0.15, -0.1) is 0 Å². The molecule has 8 nitrogen and oxygen atoms in total. The van der Waals surface area contributed by atoms with Gasteiger partial charge in [0.2, 0.25) is 0 Å². The topological polar surface area (TPSA) is 86.3 Å². The van der Waals surface area contributed by atoms with Crippen LogP contribution in [0.4, 0.5) is 5.69 Å². The maximum atomic E-state index is 13.4. The number of para-hydroxylation sites is 1. The Kier molecular flexibility index (Phi) is 9.79. The number of carbonyl (C=O) groups is 2. The Bertz CT molecular complexity index is 1710. The predicted octanol–water partition coefficient (Wildman–Crippen LogP) is 6.74. The van der Waals surface area contributed by atoms with Gasteiger partial charge in [-0.3, -0.25) is 19.8 Å². The lowest BCUT2D eigenvalue weighted by Crippen LogP contribution is -2.54. The fourth-order valence-corrected chi connectivity index (χ4v) is 5.08. The summed E-state index contributed by atoms with van der Waals surface area (Å²) in [6, 6.07) is 27.5. The molecule has 0 radical (unpaired) electrons. The van der Waals surface area contributed by atoms with Gasteiger partial charge in [-0.25, -0.2) is 0 Å². The molecule has 1 heterocycles. The SMILES string of the molecule is CCOc1cc(/C=C2/C(=O)NC(=S)N(c3ccccc3)C2=O)cc(Cl)c1OCc1ccc(OCc2ccccc2)c(OC)c1. The van der Waals surface area contributed by atoms with Crippen LogP contribution in [0.1, 0.15) is 23.6 Å². The first-order valence-corrected chi connectivity index (χ1v) is 14.6. The summed E-state index contributed by atoms with van der Waals surface area (Å²) < 4.78 is 23.4. The Labute approximate surface area is 265 Å². The monoisotopic (exact) mass is 628 g/mol. The number of nitrogens with one attached hydrogen (secondary N) is 1. The van der Waals surface area contributed by atoms with E-state index in [4.69, 9.17) is 42.8 Å². The van der Waals surface area contributed by atoms with Crippen LogP contribution in [-0.2, 0) is 22.8 Å². The number of amides is 2. The maximum absolute atomic E-state index is 13.4. The van der Waals surface area contributed by atoms with Gasteiger partial charge in [0.05, 0.1) is 24.4 Å². The molecule has 0 atom stereocenters. The number of methoxy groups -OCH3 is 1. The van der Waals surface area contributed by atoms with Crippen molar-refractivity contribution in [1.82, 2.24) is 5.32 Å². The molecule has 10 heteroatoms. The fraction of sp³-hybridized carbons (Fsp3) is 0.147. The number of nitrogens with zero attached hydrogens (tertiary/aromatic N) is 1.